The van der Waals surface area contributed by atoms with Gasteiger partial charge in [-0.2, -0.15) is 0 Å². The summed E-state index contributed by atoms with van der Waals surface area (Å²) in [6.45, 7) is 9.42. The van der Waals surface area contributed by atoms with Gasteiger partial charge in [0.1, 0.15) is 5.75 Å². The van der Waals surface area contributed by atoms with Gasteiger partial charge in [0.15, 0.2) is 0 Å². The topological polar surface area (TPSA) is 44.8 Å². The minimum atomic E-state index is 0.0175. The van der Waals surface area contributed by atoms with Gasteiger partial charge >= 0.3 is 0 Å². The largest absolute Gasteiger partial charge is 0.495 e. The highest BCUT2D eigenvalue weighted by Gasteiger charge is 2.19. The van der Waals surface area contributed by atoms with Crippen molar-refractivity contribution in [1.29, 1.82) is 0 Å². The number of anilines is 1. The fraction of sp³-hybridized carbons (Fsp3) is 0.409. The van der Waals surface area contributed by atoms with Crippen LogP contribution in [0.15, 0.2) is 42.5 Å². The molecule has 1 aliphatic heterocycles. The molecule has 0 radical (unpaired) electrons. The number of piperazine rings is 1. The zero-order chi connectivity index (χ0) is 19.2. The van der Waals surface area contributed by atoms with Gasteiger partial charge in [0.25, 0.3) is 5.91 Å². The van der Waals surface area contributed by atoms with E-state index in [1.54, 1.807) is 7.11 Å². The number of nitrogens with zero attached hydrogens (tertiary/aromatic N) is 2. The fourth-order valence-electron chi connectivity index (χ4n) is 3.51. The quantitative estimate of drug-likeness (QED) is 0.853. The van der Waals surface area contributed by atoms with Gasteiger partial charge in [0.2, 0.25) is 0 Å². The Kier molecular flexibility index (Phi) is 6.35. The van der Waals surface area contributed by atoms with Gasteiger partial charge in [-0.25, -0.2) is 0 Å². The Morgan fingerprint density at radius 2 is 1.81 bits per heavy atom. The van der Waals surface area contributed by atoms with Gasteiger partial charge in [0, 0.05) is 44.8 Å². The zero-order valence-electron chi connectivity index (χ0n) is 16.5. The van der Waals surface area contributed by atoms with Crippen molar-refractivity contribution in [2.45, 2.75) is 13.8 Å². The number of hydrogen-bond acceptors (Lipinski definition) is 4. The molecule has 2 aromatic rings. The minimum absolute atomic E-state index is 0.0175. The average Bonchev–Trinajstić information content (AvgIpc) is 2.70. The van der Waals surface area contributed by atoms with E-state index in [-0.39, 0.29) is 5.91 Å². The average molecular weight is 367 g/mol. The van der Waals surface area contributed by atoms with Crippen molar-refractivity contribution in [3.63, 3.8) is 0 Å². The molecule has 0 atom stereocenters. The molecule has 0 bridgehead atoms. The van der Waals surface area contributed by atoms with E-state index in [9.17, 15) is 4.79 Å². The van der Waals surface area contributed by atoms with Gasteiger partial charge in [-0.3, -0.25) is 9.69 Å². The fourth-order valence-corrected chi connectivity index (χ4v) is 3.51. The molecule has 1 heterocycles. The molecular weight excluding hydrogens is 338 g/mol. The van der Waals surface area contributed by atoms with Crippen LogP contribution < -0.4 is 15.0 Å². The van der Waals surface area contributed by atoms with E-state index < -0.39 is 0 Å². The molecular formula is C22H29N3O2. The maximum Gasteiger partial charge on any atom is 0.251 e. The van der Waals surface area contributed by atoms with E-state index in [1.807, 2.05) is 50.2 Å². The Balaban J connectivity index is 1.46. The highest BCUT2D eigenvalue weighted by molar-refractivity contribution is 5.95. The number of para-hydroxylation sites is 2. The number of amides is 1. The molecule has 0 unspecified atom stereocenters. The van der Waals surface area contributed by atoms with E-state index in [0.29, 0.717) is 6.54 Å². The van der Waals surface area contributed by atoms with E-state index in [0.717, 1.165) is 60.9 Å². The predicted octanol–water partition coefficient (Wildman–Crippen LogP) is 2.86. The van der Waals surface area contributed by atoms with Crippen LogP contribution in [0, 0.1) is 13.8 Å². The van der Waals surface area contributed by atoms with Gasteiger partial charge in [-0.1, -0.05) is 29.8 Å². The van der Waals surface area contributed by atoms with Crippen LogP contribution >= 0.6 is 0 Å². The number of aryl methyl sites for hydroxylation is 2. The standard InChI is InChI=1S/C22H29N3O2/c1-17-8-9-18(2)19(16-17)22(26)23-10-11-24-12-14-25(15-13-24)20-6-4-5-7-21(20)27-3/h4-9,16H,10-15H2,1-3H3,(H,23,26). The highest BCUT2D eigenvalue weighted by Crippen LogP contribution is 2.28. The molecule has 0 aliphatic carbocycles. The van der Waals surface area contributed by atoms with Crippen LogP contribution in [0.25, 0.3) is 0 Å². The van der Waals surface area contributed by atoms with E-state index in [4.69, 9.17) is 4.74 Å². The summed E-state index contributed by atoms with van der Waals surface area (Å²) in [4.78, 5) is 17.2. The van der Waals surface area contributed by atoms with Crippen molar-refractivity contribution in [3.05, 3.63) is 59.2 Å². The lowest BCUT2D eigenvalue weighted by atomic mass is 10.1. The summed E-state index contributed by atoms with van der Waals surface area (Å²) < 4.78 is 5.47. The number of rotatable bonds is 6. The maximum atomic E-state index is 12.4. The maximum absolute atomic E-state index is 12.4. The van der Waals surface area contributed by atoms with Crippen LogP contribution in [-0.4, -0.2) is 57.2 Å². The van der Waals surface area contributed by atoms with Crippen molar-refractivity contribution in [1.82, 2.24) is 10.2 Å². The van der Waals surface area contributed by atoms with Crippen molar-refractivity contribution in [2.24, 2.45) is 0 Å². The molecule has 5 nitrogen and oxygen atoms in total. The van der Waals surface area contributed by atoms with Crippen LogP contribution in [0.4, 0.5) is 5.69 Å². The second-order valence-corrected chi connectivity index (χ2v) is 7.07. The molecule has 1 aliphatic rings. The number of hydrogen-bond donors (Lipinski definition) is 1. The Bertz CT molecular complexity index is 783. The summed E-state index contributed by atoms with van der Waals surface area (Å²) in [6.07, 6.45) is 0. The molecule has 27 heavy (non-hydrogen) atoms. The molecule has 144 valence electrons. The monoisotopic (exact) mass is 367 g/mol. The first-order valence-corrected chi connectivity index (χ1v) is 9.54. The number of ether oxygens (including phenoxy) is 1. The second kappa shape index (κ2) is 8.91. The van der Waals surface area contributed by atoms with Gasteiger partial charge in [0.05, 0.1) is 12.8 Å². The smallest absolute Gasteiger partial charge is 0.251 e. The third-order valence-corrected chi connectivity index (χ3v) is 5.15. The number of carbonyl (C=O) groups is 1. The third-order valence-electron chi connectivity index (χ3n) is 5.15. The SMILES string of the molecule is COc1ccccc1N1CCN(CCNC(=O)c2cc(C)ccc2C)CC1. The van der Waals surface area contributed by atoms with Gasteiger partial charge in [-0.15, -0.1) is 0 Å². The lowest BCUT2D eigenvalue weighted by Gasteiger charge is -2.36. The van der Waals surface area contributed by atoms with Crippen molar-refractivity contribution in [3.8, 4) is 5.75 Å². The Hall–Kier alpha value is -2.53. The van der Waals surface area contributed by atoms with Crippen LogP contribution in [0.2, 0.25) is 0 Å². The molecule has 5 heteroatoms. The summed E-state index contributed by atoms with van der Waals surface area (Å²) in [7, 11) is 1.72. The van der Waals surface area contributed by atoms with E-state index in [2.05, 4.69) is 21.2 Å². The first-order chi connectivity index (χ1) is 13.1. The summed E-state index contributed by atoms with van der Waals surface area (Å²) >= 11 is 0. The normalized spacial score (nSPS) is 14.9. The molecule has 1 saturated heterocycles. The van der Waals surface area contributed by atoms with E-state index >= 15 is 0 Å². The van der Waals surface area contributed by atoms with Crippen LogP contribution in [0.3, 0.4) is 0 Å². The highest BCUT2D eigenvalue weighted by atomic mass is 16.5. The summed E-state index contributed by atoms with van der Waals surface area (Å²) in [5.74, 6) is 0.940. The Morgan fingerprint density at radius 1 is 1.07 bits per heavy atom. The molecule has 1 amide bonds. The van der Waals surface area contributed by atoms with Crippen LogP contribution in [0.1, 0.15) is 21.5 Å². The number of benzene rings is 2. The van der Waals surface area contributed by atoms with Crippen LogP contribution in [0.5, 0.6) is 5.75 Å². The van der Waals surface area contributed by atoms with Gasteiger partial charge in [-0.05, 0) is 37.6 Å². The predicted molar refractivity (Wildman–Crippen MR) is 110 cm³/mol. The Morgan fingerprint density at radius 3 is 2.56 bits per heavy atom. The van der Waals surface area contributed by atoms with Gasteiger partial charge < -0.3 is 15.0 Å². The third kappa shape index (κ3) is 4.80. The van der Waals surface area contributed by atoms with E-state index in [1.165, 1.54) is 0 Å². The first kappa shape index (κ1) is 19.2. The summed E-state index contributed by atoms with van der Waals surface area (Å²) in [5.41, 5.74) is 4.06. The number of carbonyl (C=O) groups excluding carboxylic acids is 1. The lowest BCUT2D eigenvalue weighted by Crippen LogP contribution is -2.48. The van der Waals surface area contributed by atoms with Crippen molar-refractivity contribution < 1.29 is 9.53 Å². The number of nitrogens with one attached hydrogen (secondary N) is 1. The molecule has 3 rings (SSSR count). The van der Waals surface area contributed by atoms with Crippen molar-refractivity contribution >= 4 is 11.6 Å². The second-order valence-electron chi connectivity index (χ2n) is 7.07. The molecule has 0 saturated carbocycles. The van der Waals surface area contributed by atoms with Crippen molar-refractivity contribution in [2.75, 3.05) is 51.3 Å². The molecule has 1 fully saturated rings. The summed E-state index contributed by atoms with van der Waals surface area (Å²) in [5, 5.41) is 3.06. The minimum Gasteiger partial charge on any atom is -0.495 e. The molecule has 0 aromatic heterocycles. The van der Waals surface area contributed by atoms with Crippen LogP contribution in [-0.2, 0) is 0 Å². The molecule has 1 N–H and O–H groups in total. The zero-order valence-corrected chi connectivity index (χ0v) is 16.5. The Labute approximate surface area is 161 Å². The number of methoxy groups -OCH3 is 1. The first-order valence-electron chi connectivity index (χ1n) is 9.54. The molecule has 2 aromatic carbocycles. The summed E-state index contributed by atoms with van der Waals surface area (Å²) in [6, 6.07) is 14.2. The lowest BCUT2D eigenvalue weighted by molar-refractivity contribution is 0.0947. The molecule has 0 spiro atoms.